The Morgan fingerprint density at radius 3 is 2.47 bits per heavy atom. The number of hydrogen-bond donors (Lipinski definition) is 2. The molecule has 4 nitrogen and oxygen atoms in total. The molecule has 0 saturated heterocycles. The maximum atomic E-state index is 4.16. The highest BCUT2D eigenvalue weighted by molar-refractivity contribution is 5.53. The van der Waals surface area contributed by atoms with Crippen molar-refractivity contribution in [3.63, 3.8) is 0 Å². The Labute approximate surface area is 91.7 Å². The van der Waals surface area contributed by atoms with Gasteiger partial charge in [0.1, 0.15) is 0 Å². The largest absolute Gasteiger partial charge is 0.384 e. The summed E-state index contributed by atoms with van der Waals surface area (Å²) in [7, 11) is 4.13. The van der Waals surface area contributed by atoms with Crippen molar-refractivity contribution in [2.24, 2.45) is 0 Å². The average Bonchev–Trinajstić information content (AvgIpc) is 2.18. The summed E-state index contributed by atoms with van der Waals surface area (Å²) in [5, 5.41) is 6.56. The van der Waals surface area contributed by atoms with Gasteiger partial charge >= 0.3 is 0 Å². The summed E-state index contributed by atoms with van der Waals surface area (Å²) in [6, 6.07) is 2.08. The van der Waals surface area contributed by atoms with Crippen LogP contribution >= 0.6 is 0 Å². The molecule has 0 aliphatic rings. The minimum atomic E-state index is 0.919. The fraction of sp³-hybridized carbons (Fsp3) is 0.545. The first-order valence-corrected chi connectivity index (χ1v) is 5.30. The zero-order valence-corrected chi connectivity index (χ0v) is 9.75. The zero-order chi connectivity index (χ0) is 11.1. The van der Waals surface area contributed by atoms with Crippen molar-refractivity contribution in [2.75, 3.05) is 44.4 Å². The van der Waals surface area contributed by atoms with Crippen LogP contribution in [0.1, 0.15) is 6.92 Å². The lowest BCUT2D eigenvalue weighted by Crippen LogP contribution is -2.20. The van der Waals surface area contributed by atoms with E-state index in [-0.39, 0.29) is 0 Å². The van der Waals surface area contributed by atoms with Gasteiger partial charge in [-0.3, -0.25) is 4.98 Å². The summed E-state index contributed by atoms with van der Waals surface area (Å²) < 4.78 is 0. The van der Waals surface area contributed by atoms with E-state index in [0.29, 0.717) is 0 Å². The van der Waals surface area contributed by atoms with E-state index in [1.165, 1.54) is 0 Å². The summed E-state index contributed by atoms with van der Waals surface area (Å²) in [5.74, 6) is 0. The molecule has 0 spiro atoms. The van der Waals surface area contributed by atoms with Gasteiger partial charge in [-0.1, -0.05) is 0 Å². The minimum absolute atomic E-state index is 0.919. The van der Waals surface area contributed by atoms with Crippen LogP contribution in [0.3, 0.4) is 0 Å². The second-order valence-corrected chi connectivity index (χ2v) is 3.72. The third-order valence-electron chi connectivity index (χ3n) is 2.01. The molecule has 15 heavy (non-hydrogen) atoms. The van der Waals surface area contributed by atoms with Crippen molar-refractivity contribution in [2.45, 2.75) is 6.92 Å². The number of hydrogen-bond acceptors (Lipinski definition) is 4. The molecule has 0 bridgehead atoms. The van der Waals surface area contributed by atoms with Crippen LogP contribution in [0.15, 0.2) is 18.5 Å². The van der Waals surface area contributed by atoms with Gasteiger partial charge in [0.05, 0.1) is 23.8 Å². The topological polar surface area (TPSA) is 40.2 Å². The summed E-state index contributed by atoms with van der Waals surface area (Å²) >= 11 is 0. The fourth-order valence-corrected chi connectivity index (χ4v) is 1.26. The molecule has 0 aromatic carbocycles. The molecule has 1 heterocycles. The molecule has 2 N–H and O–H groups in total. The number of nitrogens with one attached hydrogen (secondary N) is 2. The third-order valence-corrected chi connectivity index (χ3v) is 2.01. The SMILES string of the molecule is CCNc1cncc(NCCN(C)C)c1. The molecule has 0 unspecified atom stereocenters. The normalized spacial score (nSPS) is 10.4. The first-order chi connectivity index (χ1) is 7.22. The Morgan fingerprint density at radius 2 is 1.87 bits per heavy atom. The molecule has 0 fully saturated rings. The Hall–Kier alpha value is -1.29. The smallest absolute Gasteiger partial charge is 0.0547 e. The van der Waals surface area contributed by atoms with Crippen molar-refractivity contribution in [3.8, 4) is 0 Å². The third kappa shape index (κ3) is 4.65. The predicted octanol–water partition coefficient (Wildman–Crippen LogP) is 1.49. The Bertz CT molecular complexity index is 286. The molecule has 1 rings (SSSR count). The fourth-order valence-electron chi connectivity index (χ4n) is 1.26. The molecule has 1 aromatic heterocycles. The van der Waals surface area contributed by atoms with E-state index >= 15 is 0 Å². The molecule has 0 aliphatic heterocycles. The molecule has 0 radical (unpaired) electrons. The summed E-state index contributed by atoms with van der Waals surface area (Å²) in [4.78, 5) is 6.31. The van der Waals surface area contributed by atoms with Gasteiger partial charge in [-0.15, -0.1) is 0 Å². The second kappa shape index (κ2) is 6.24. The summed E-state index contributed by atoms with van der Waals surface area (Å²) in [5.41, 5.74) is 2.13. The highest BCUT2D eigenvalue weighted by Crippen LogP contribution is 2.11. The van der Waals surface area contributed by atoms with Crippen LogP contribution in [0.4, 0.5) is 11.4 Å². The van der Waals surface area contributed by atoms with Crippen molar-refractivity contribution < 1.29 is 0 Å². The molecule has 0 atom stereocenters. The van der Waals surface area contributed by atoms with Crippen molar-refractivity contribution in [3.05, 3.63) is 18.5 Å². The highest BCUT2D eigenvalue weighted by atomic mass is 15.1. The van der Waals surface area contributed by atoms with E-state index in [9.17, 15) is 0 Å². The number of pyridine rings is 1. The zero-order valence-electron chi connectivity index (χ0n) is 9.75. The van der Waals surface area contributed by atoms with Crippen LogP contribution in [0.2, 0.25) is 0 Å². The Balaban J connectivity index is 2.43. The van der Waals surface area contributed by atoms with Crippen LogP contribution in [-0.2, 0) is 0 Å². The molecule has 84 valence electrons. The lowest BCUT2D eigenvalue weighted by atomic mass is 10.3. The van der Waals surface area contributed by atoms with E-state index in [0.717, 1.165) is 31.0 Å². The maximum Gasteiger partial charge on any atom is 0.0547 e. The van der Waals surface area contributed by atoms with Crippen molar-refractivity contribution in [1.29, 1.82) is 0 Å². The first-order valence-electron chi connectivity index (χ1n) is 5.30. The van der Waals surface area contributed by atoms with Crippen molar-refractivity contribution >= 4 is 11.4 Å². The molecule has 1 aromatic rings. The van der Waals surface area contributed by atoms with Gasteiger partial charge in [-0.25, -0.2) is 0 Å². The lowest BCUT2D eigenvalue weighted by Gasteiger charge is -2.12. The monoisotopic (exact) mass is 208 g/mol. The molecular formula is C11H20N4. The second-order valence-electron chi connectivity index (χ2n) is 3.72. The number of likely N-dealkylation sites (N-methyl/N-ethyl adjacent to an activating group) is 1. The van der Waals surface area contributed by atoms with Gasteiger partial charge < -0.3 is 15.5 Å². The van der Waals surface area contributed by atoms with Crippen LogP contribution in [0.25, 0.3) is 0 Å². The van der Waals surface area contributed by atoms with Crippen LogP contribution in [-0.4, -0.2) is 43.6 Å². The Morgan fingerprint density at radius 1 is 1.20 bits per heavy atom. The highest BCUT2D eigenvalue weighted by Gasteiger charge is 1.95. The van der Waals surface area contributed by atoms with Crippen LogP contribution in [0, 0.1) is 0 Å². The van der Waals surface area contributed by atoms with E-state index in [1.54, 1.807) is 0 Å². The van der Waals surface area contributed by atoms with Crippen molar-refractivity contribution in [1.82, 2.24) is 9.88 Å². The van der Waals surface area contributed by atoms with Gasteiger partial charge in [0.25, 0.3) is 0 Å². The van der Waals surface area contributed by atoms with Gasteiger partial charge in [0.2, 0.25) is 0 Å². The molecular weight excluding hydrogens is 188 g/mol. The quantitative estimate of drug-likeness (QED) is 0.743. The average molecular weight is 208 g/mol. The van der Waals surface area contributed by atoms with Gasteiger partial charge in [0.15, 0.2) is 0 Å². The molecule has 0 amide bonds. The van der Waals surface area contributed by atoms with E-state index < -0.39 is 0 Å². The molecule has 4 heteroatoms. The predicted molar refractivity (Wildman–Crippen MR) is 65.4 cm³/mol. The number of rotatable bonds is 6. The van der Waals surface area contributed by atoms with Gasteiger partial charge in [-0.2, -0.15) is 0 Å². The number of anilines is 2. The minimum Gasteiger partial charge on any atom is -0.384 e. The maximum absolute atomic E-state index is 4.16. The summed E-state index contributed by atoms with van der Waals surface area (Å²) in [6.45, 7) is 4.95. The van der Waals surface area contributed by atoms with E-state index in [4.69, 9.17) is 0 Å². The molecule has 0 aliphatic carbocycles. The molecule has 0 saturated carbocycles. The van der Waals surface area contributed by atoms with Crippen LogP contribution < -0.4 is 10.6 Å². The first kappa shape index (κ1) is 11.8. The number of nitrogens with zero attached hydrogens (tertiary/aromatic N) is 2. The Kier molecular flexibility index (Phi) is 4.90. The van der Waals surface area contributed by atoms with Crippen LogP contribution in [0.5, 0.6) is 0 Å². The lowest BCUT2D eigenvalue weighted by molar-refractivity contribution is 0.425. The number of aromatic nitrogens is 1. The summed E-state index contributed by atoms with van der Waals surface area (Å²) in [6.07, 6.45) is 3.68. The van der Waals surface area contributed by atoms with Gasteiger partial charge in [0, 0.05) is 19.6 Å². The standard InChI is InChI=1S/C11H20N4/c1-4-13-10-7-11(9-12-8-10)14-5-6-15(2)3/h7-9,13-14H,4-6H2,1-3H3. The van der Waals surface area contributed by atoms with Gasteiger partial charge in [-0.05, 0) is 27.1 Å². The van der Waals surface area contributed by atoms with E-state index in [1.807, 2.05) is 12.4 Å². The van der Waals surface area contributed by atoms with E-state index in [2.05, 4.69) is 47.6 Å².